The van der Waals surface area contributed by atoms with Crippen LogP contribution in [0.4, 0.5) is 0 Å². The van der Waals surface area contributed by atoms with Gasteiger partial charge in [-0.05, 0) is 61.2 Å². The zero-order valence-corrected chi connectivity index (χ0v) is 15.3. The van der Waals surface area contributed by atoms with E-state index >= 15 is 0 Å². The predicted molar refractivity (Wildman–Crippen MR) is 98.1 cm³/mol. The number of rotatable bonds is 3. The molecule has 0 spiro atoms. The van der Waals surface area contributed by atoms with Gasteiger partial charge in [0.05, 0.1) is 6.10 Å². The third-order valence-corrected chi connectivity index (χ3v) is 7.96. The average Bonchev–Trinajstić information content (AvgIpc) is 2.54. The fourth-order valence-corrected chi connectivity index (χ4v) is 6.43. The Balaban J connectivity index is 2.03. The van der Waals surface area contributed by atoms with E-state index in [0.717, 1.165) is 6.42 Å². The van der Waals surface area contributed by atoms with E-state index in [-0.39, 0.29) is 16.2 Å². The number of allylic oxidation sites excluding steroid dienone is 3. The van der Waals surface area contributed by atoms with Gasteiger partial charge in [0.1, 0.15) is 0 Å². The first-order valence-corrected chi connectivity index (χ1v) is 9.46. The monoisotopic (exact) mass is 314 g/mol. The molecule has 1 heteroatoms. The van der Waals surface area contributed by atoms with E-state index in [4.69, 9.17) is 0 Å². The highest BCUT2D eigenvalue weighted by Gasteiger charge is 2.57. The second kappa shape index (κ2) is 5.62. The molecule has 3 aliphatic rings. The van der Waals surface area contributed by atoms with Crippen LogP contribution in [0.15, 0.2) is 37.0 Å². The molecule has 23 heavy (non-hydrogen) atoms. The minimum atomic E-state index is -0.390. The van der Waals surface area contributed by atoms with E-state index < -0.39 is 6.10 Å². The van der Waals surface area contributed by atoms with Gasteiger partial charge in [-0.15, -0.1) is 13.2 Å². The molecule has 1 nitrogen and oxygen atoms in total. The van der Waals surface area contributed by atoms with E-state index in [1.165, 1.54) is 38.5 Å². The standard InChI is InChI=1S/C22H34O/c1-6-19(23)22(5)15-9-14-21(4)17-10-8-13-20(3,7-2)16(17)11-12-18(21)22/h6-7,10,16,18-19,23H,1-2,8-9,11-15H2,3-5H3/t16?,18?,19?,20-,21-,22+/m0/s1. The van der Waals surface area contributed by atoms with Crippen LogP contribution in [0.3, 0.4) is 0 Å². The van der Waals surface area contributed by atoms with Crippen LogP contribution in [0.1, 0.15) is 65.7 Å². The molecule has 128 valence electrons. The lowest BCUT2D eigenvalue weighted by atomic mass is 9.43. The van der Waals surface area contributed by atoms with Crippen LogP contribution in [0.25, 0.3) is 0 Å². The van der Waals surface area contributed by atoms with Gasteiger partial charge in [-0.25, -0.2) is 0 Å². The van der Waals surface area contributed by atoms with Gasteiger partial charge in [0.15, 0.2) is 0 Å². The molecule has 0 radical (unpaired) electrons. The second-order valence-corrected chi connectivity index (χ2v) is 9.05. The SMILES string of the molecule is C=CC(O)[C@]1(C)CCC[C@@]2(C)C3=CCC[C@](C)(C=C)C3CCC12. The molecule has 2 fully saturated rings. The zero-order valence-electron chi connectivity index (χ0n) is 15.3. The van der Waals surface area contributed by atoms with Crippen molar-refractivity contribution in [3.63, 3.8) is 0 Å². The van der Waals surface area contributed by atoms with Crippen molar-refractivity contribution in [3.8, 4) is 0 Å². The van der Waals surface area contributed by atoms with Gasteiger partial charge in [0.25, 0.3) is 0 Å². The molecule has 3 rings (SSSR count). The molecule has 3 aliphatic carbocycles. The minimum Gasteiger partial charge on any atom is -0.388 e. The molecule has 0 amide bonds. The Kier molecular flexibility index (Phi) is 4.16. The molecule has 0 saturated heterocycles. The fraction of sp³-hybridized carbons (Fsp3) is 0.727. The normalized spacial score (nSPS) is 47.7. The molecule has 0 aromatic carbocycles. The number of aliphatic hydroxyl groups excluding tert-OH is 1. The Hall–Kier alpha value is -0.820. The van der Waals surface area contributed by atoms with Gasteiger partial charge >= 0.3 is 0 Å². The Labute approximate surface area is 142 Å². The van der Waals surface area contributed by atoms with Crippen molar-refractivity contribution >= 4 is 0 Å². The summed E-state index contributed by atoms with van der Waals surface area (Å²) in [6.07, 6.45) is 14.6. The predicted octanol–water partition coefficient (Wildman–Crippen LogP) is 5.67. The topological polar surface area (TPSA) is 20.2 Å². The van der Waals surface area contributed by atoms with E-state index in [9.17, 15) is 5.11 Å². The van der Waals surface area contributed by atoms with E-state index in [0.29, 0.717) is 11.8 Å². The highest BCUT2D eigenvalue weighted by Crippen LogP contribution is 2.65. The van der Waals surface area contributed by atoms with Gasteiger partial charge in [-0.1, -0.05) is 51.0 Å². The van der Waals surface area contributed by atoms with Gasteiger partial charge in [0, 0.05) is 5.41 Å². The van der Waals surface area contributed by atoms with Crippen LogP contribution >= 0.6 is 0 Å². The summed E-state index contributed by atoms with van der Waals surface area (Å²) in [5.41, 5.74) is 2.15. The highest BCUT2D eigenvalue weighted by atomic mass is 16.3. The van der Waals surface area contributed by atoms with E-state index in [1.54, 1.807) is 11.6 Å². The zero-order chi connectivity index (χ0) is 16.9. The molecule has 0 bridgehead atoms. The van der Waals surface area contributed by atoms with Gasteiger partial charge in [0.2, 0.25) is 0 Å². The molecule has 0 aromatic rings. The van der Waals surface area contributed by atoms with Gasteiger partial charge < -0.3 is 5.11 Å². The van der Waals surface area contributed by atoms with Crippen molar-refractivity contribution in [1.82, 2.24) is 0 Å². The Morgan fingerprint density at radius 1 is 1.17 bits per heavy atom. The second-order valence-electron chi connectivity index (χ2n) is 9.05. The number of hydrogen-bond donors (Lipinski definition) is 1. The van der Waals surface area contributed by atoms with Crippen LogP contribution in [0, 0.1) is 28.1 Å². The number of fused-ring (bicyclic) bond motifs is 3. The lowest BCUT2D eigenvalue weighted by Crippen LogP contribution is -2.54. The number of hydrogen-bond acceptors (Lipinski definition) is 1. The van der Waals surface area contributed by atoms with Crippen molar-refractivity contribution < 1.29 is 5.11 Å². The van der Waals surface area contributed by atoms with Crippen molar-refractivity contribution in [3.05, 3.63) is 37.0 Å². The van der Waals surface area contributed by atoms with Crippen molar-refractivity contribution in [2.75, 3.05) is 0 Å². The first kappa shape index (κ1) is 17.0. The third kappa shape index (κ3) is 2.30. The summed E-state index contributed by atoms with van der Waals surface area (Å²) >= 11 is 0. The first-order chi connectivity index (χ1) is 10.8. The third-order valence-electron chi connectivity index (χ3n) is 7.96. The molecule has 0 aromatic heterocycles. The molecule has 2 saturated carbocycles. The molecular formula is C22H34O. The lowest BCUT2D eigenvalue weighted by molar-refractivity contribution is -0.0861. The first-order valence-electron chi connectivity index (χ1n) is 9.46. The summed E-state index contributed by atoms with van der Waals surface area (Å²) < 4.78 is 0. The summed E-state index contributed by atoms with van der Waals surface area (Å²) in [6.45, 7) is 15.2. The summed E-state index contributed by atoms with van der Waals surface area (Å²) in [5.74, 6) is 1.21. The largest absolute Gasteiger partial charge is 0.388 e. The molecule has 1 N–H and O–H groups in total. The summed E-state index contributed by atoms with van der Waals surface area (Å²) in [5, 5.41) is 10.7. The van der Waals surface area contributed by atoms with Crippen molar-refractivity contribution in [1.29, 1.82) is 0 Å². The van der Waals surface area contributed by atoms with Crippen LogP contribution in [-0.2, 0) is 0 Å². The highest BCUT2D eigenvalue weighted by molar-refractivity contribution is 5.30. The van der Waals surface area contributed by atoms with Crippen LogP contribution < -0.4 is 0 Å². The van der Waals surface area contributed by atoms with Crippen LogP contribution in [0.5, 0.6) is 0 Å². The Morgan fingerprint density at radius 2 is 1.91 bits per heavy atom. The molecule has 6 atom stereocenters. The van der Waals surface area contributed by atoms with Crippen LogP contribution in [0.2, 0.25) is 0 Å². The number of aliphatic hydroxyl groups is 1. The maximum Gasteiger partial charge on any atom is 0.0774 e. The average molecular weight is 315 g/mol. The Morgan fingerprint density at radius 3 is 2.57 bits per heavy atom. The van der Waals surface area contributed by atoms with Crippen molar-refractivity contribution in [2.24, 2.45) is 28.1 Å². The maximum atomic E-state index is 10.7. The smallest absolute Gasteiger partial charge is 0.0774 e. The lowest BCUT2D eigenvalue weighted by Gasteiger charge is -2.61. The summed E-state index contributed by atoms with van der Waals surface area (Å²) in [7, 11) is 0. The van der Waals surface area contributed by atoms with E-state index in [2.05, 4.69) is 46.1 Å². The minimum absolute atomic E-state index is 0.0252. The Bertz CT molecular complexity index is 532. The quantitative estimate of drug-likeness (QED) is 0.666. The molecule has 0 aliphatic heterocycles. The van der Waals surface area contributed by atoms with Crippen LogP contribution in [-0.4, -0.2) is 11.2 Å². The molecule has 3 unspecified atom stereocenters. The van der Waals surface area contributed by atoms with E-state index in [1.807, 2.05) is 0 Å². The van der Waals surface area contributed by atoms with Gasteiger partial charge in [-0.2, -0.15) is 0 Å². The fourth-order valence-electron chi connectivity index (χ4n) is 6.43. The maximum absolute atomic E-state index is 10.7. The summed E-state index contributed by atoms with van der Waals surface area (Å²) in [6, 6.07) is 0. The van der Waals surface area contributed by atoms with Crippen molar-refractivity contribution in [2.45, 2.75) is 71.8 Å². The molecule has 0 heterocycles. The summed E-state index contributed by atoms with van der Waals surface area (Å²) in [4.78, 5) is 0. The molecular weight excluding hydrogens is 280 g/mol. The van der Waals surface area contributed by atoms with Gasteiger partial charge in [-0.3, -0.25) is 0 Å².